The number of fused-ring (bicyclic) bond motifs is 3. The Morgan fingerprint density at radius 1 is 1.09 bits per heavy atom. The molecule has 7 atom stereocenters. The fourth-order valence-corrected chi connectivity index (χ4v) is 6.82. The lowest BCUT2D eigenvalue weighted by atomic mass is 9.43. The van der Waals surface area contributed by atoms with Crippen molar-refractivity contribution >= 4 is 23.7 Å². The molecular weight excluding hydrogens is 428 g/mol. The van der Waals surface area contributed by atoms with Crippen molar-refractivity contribution in [1.29, 1.82) is 0 Å². The lowest BCUT2D eigenvalue weighted by molar-refractivity contribution is -0.210. The van der Waals surface area contributed by atoms with Crippen molar-refractivity contribution in [1.82, 2.24) is 0 Å². The molecule has 33 heavy (non-hydrogen) atoms. The van der Waals surface area contributed by atoms with Crippen LogP contribution < -0.4 is 0 Å². The van der Waals surface area contributed by atoms with Gasteiger partial charge in [-0.3, -0.25) is 19.2 Å². The van der Waals surface area contributed by atoms with E-state index in [1.165, 1.54) is 13.4 Å². The van der Waals surface area contributed by atoms with Gasteiger partial charge in [-0.25, -0.2) is 0 Å². The van der Waals surface area contributed by atoms with E-state index >= 15 is 0 Å². The maximum Gasteiger partial charge on any atom is 0.310 e. The van der Waals surface area contributed by atoms with Crippen molar-refractivity contribution in [3.8, 4) is 0 Å². The van der Waals surface area contributed by atoms with Crippen LogP contribution >= 0.6 is 0 Å². The minimum absolute atomic E-state index is 0.118. The third kappa shape index (κ3) is 3.40. The van der Waals surface area contributed by atoms with Crippen LogP contribution in [-0.2, 0) is 33.4 Å². The first-order valence-electron chi connectivity index (χ1n) is 11.7. The number of methoxy groups -OCH3 is 1. The zero-order valence-corrected chi connectivity index (χ0v) is 19.2. The van der Waals surface area contributed by atoms with Crippen molar-refractivity contribution in [2.75, 3.05) is 7.11 Å². The molecule has 1 aliphatic heterocycles. The van der Waals surface area contributed by atoms with Crippen LogP contribution in [0, 0.1) is 34.5 Å². The van der Waals surface area contributed by atoms with Gasteiger partial charge in [-0.15, -0.1) is 0 Å². The molecule has 1 aromatic heterocycles. The number of hydrogen-bond donors (Lipinski definition) is 0. The first-order valence-corrected chi connectivity index (χ1v) is 11.7. The number of furan rings is 1. The summed E-state index contributed by atoms with van der Waals surface area (Å²) in [6.45, 7) is 3.90. The molecule has 1 saturated heterocycles. The van der Waals surface area contributed by atoms with Crippen LogP contribution in [0.1, 0.15) is 64.0 Å². The molecule has 4 aliphatic rings. The highest BCUT2D eigenvalue weighted by Crippen LogP contribution is 2.65. The van der Waals surface area contributed by atoms with E-state index in [4.69, 9.17) is 18.6 Å². The van der Waals surface area contributed by atoms with E-state index in [1.807, 2.05) is 13.8 Å². The smallest absolute Gasteiger partial charge is 0.310 e. The molecule has 0 N–H and O–H groups in total. The number of rotatable bonds is 4. The molecule has 178 valence electrons. The second-order valence-electron chi connectivity index (χ2n) is 10.6. The molecule has 0 amide bonds. The number of hydrogen-bond acceptors (Lipinski definition) is 8. The molecule has 0 aromatic carbocycles. The Morgan fingerprint density at radius 3 is 2.48 bits per heavy atom. The van der Waals surface area contributed by atoms with E-state index < -0.39 is 46.8 Å². The van der Waals surface area contributed by atoms with E-state index in [-0.39, 0.29) is 30.1 Å². The zero-order valence-electron chi connectivity index (χ0n) is 19.2. The Labute approximate surface area is 192 Å². The van der Waals surface area contributed by atoms with Crippen LogP contribution in [-0.4, -0.2) is 36.9 Å². The van der Waals surface area contributed by atoms with Gasteiger partial charge in [-0.2, -0.15) is 0 Å². The van der Waals surface area contributed by atoms with Crippen LogP contribution in [0.15, 0.2) is 23.0 Å². The second-order valence-corrected chi connectivity index (χ2v) is 10.6. The maximum atomic E-state index is 14.0. The molecule has 1 unspecified atom stereocenters. The molecule has 3 aliphatic carbocycles. The Balaban J connectivity index is 1.55. The molecule has 2 heterocycles. The van der Waals surface area contributed by atoms with Gasteiger partial charge >= 0.3 is 17.9 Å². The predicted octanol–water partition coefficient (Wildman–Crippen LogP) is 3.39. The SMILES string of the molecule is COC(=O)[C@@H]1C[C@H](OC(=O)C2CC2)C(=O)C2[C@@]1(C)CC[C@H]1C(=O)O[C@H](c3ccoc3)C[C@]21C. The topological polar surface area (TPSA) is 109 Å². The molecule has 5 rings (SSSR count). The highest BCUT2D eigenvalue weighted by molar-refractivity contribution is 5.93. The largest absolute Gasteiger partial charge is 0.472 e. The summed E-state index contributed by atoms with van der Waals surface area (Å²) in [4.78, 5) is 52.4. The zero-order chi connectivity index (χ0) is 23.5. The summed E-state index contributed by atoms with van der Waals surface area (Å²) in [6.07, 6.45) is 4.61. The molecule has 8 heteroatoms. The number of Topliss-reactive ketones (excluding diaryl/α,β-unsaturated/α-hetero) is 1. The number of cyclic esters (lactones) is 1. The van der Waals surface area contributed by atoms with Gasteiger partial charge in [0.05, 0.1) is 37.4 Å². The number of carbonyl (C=O) groups excluding carboxylic acids is 4. The van der Waals surface area contributed by atoms with E-state index in [0.29, 0.717) is 19.3 Å². The first kappa shape index (κ1) is 22.2. The summed E-state index contributed by atoms with van der Waals surface area (Å²) in [6, 6.07) is 1.75. The second kappa shape index (κ2) is 7.71. The van der Waals surface area contributed by atoms with E-state index in [0.717, 1.165) is 18.4 Å². The van der Waals surface area contributed by atoms with Crippen molar-refractivity contribution in [2.24, 2.45) is 34.5 Å². The van der Waals surface area contributed by atoms with Crippen LogP contribution in [0.3, 0.4) is 0 Å². The van der Waals surface area contributed by atoms with Gasteiger partial charge < -0.3 is 18.6 Å². The molecule has 3 saturated carbocycles. The Bertz CT molecular complexity index is 979. The average molecular weight is 459 g/mol. The van der Waals surface area contributed by atoms with E-state index in [2.05, 4.69) is 0 Å². The number of ether oxygens (including phenoxy) is 3. The Kier molecular flexibility index (Phi) is 5.18. The first-order chi connectivity index (χ1) is 15.7. The third-order valence-corrected chi connectivity index (χ3v) is 8.67. The van der Waals surface area contributed by atoms with Gasteiger partial charge in [-0.1, -0.05) is 13.8 Å². The summed E-state index contributed by atoms with van der Waals surface area (Å²) >= 11 is 0. The van der Waals surface area contributed by atoms with Crippen molar-refractivity contribution in [2.45, 2.75) is 64.6 Å². The minimum Gasteiger partial charge on any atom is -0.472 e. The predicted molar refractivity (Wildman–Crippen MR) is 112 cm³/mol. The molecule has 0 radical (unpaired) electrons. The van der Waals surface area contributed by atoms with Gasteiger partial charge in [0, 0.05) is 17.9 Å². The molecule has 0 bridgehead atoms. The molecule has 8 nitrogen and oxygen atoms in total. The summed E-state index contributed by atoms with van der Waals surface area (Å²) in [5, 5.41) is 0. The van der Waals surface area contributed by atoms with Gasteiger partial charge in [0.25, 0.3) is 0 Å². The number of esters is 3. The third-order valence-electron chi connectivity index (χ3n) is 8.67. The van der Waals surface area contributed by atoms with Crippen LogP contribution in [0.2, 0.25) is 0 Å². The quantitative estimate of drug-likeness (QED) is 0.499. The maximum absolute atomic E-state index is 14.0. The summed E-state index contributed by atoms with van der Waals surface area (Å²) in [5.41, 5.74) is -0.742. The van der Waals surface area contributed by atoms with E-state index in [9.17, 15) is 19.2 Å². The standard InChI is InChI=1S/C25H30O8/c1-24-8-6-15-23(29)33-18(14-7-9-31-12-14)11-25(15,2)20(24)19(26)17(10-16(24)22(28)30-3)32-21(27)13-4-5-13/h7,9,12-13,15-18,20H,4-6,8,10-11H2,1-3H3/t15-,16-,17-,18-,20?,24-,25-/m0/s1. The minimum atomic E-state index is -1.01. The van der Waals surface area contributed by atoms with Gasteiger partial charge in [0.2, 0.25) is 0 Å². The van der Waals surface area contributed by atoms with Crippen LogP contribution in [0.4, 0.5) is 0 Å². The fraction of sp³-hybridized carbons (Fsp3) is 0.680. The average Bonchev–Trinajstić information content (AvgIpc) is 3.48. The number of carbonyl (C=O) groups is 4. The fourth-order valence-electron chi connectivity index (χ4n) is 6.82. The van der Waals surface area contributed by atoms with Crippen LogP contribution in [0.25, 0.3) is 0 Å². The Morgan fingerprint density at radius 2 is 1.85 bits per heavy atom. The Hall–Kier alpha value is -2.64. The van der Waals surface area contributed by atoms with Crippen molar-refractivity contribution < 1.29 is 37.8 Å². The van der Waals surface area contributed by atoms with Crippen molar-refractivity contribution in [3.63, 3.8) is 0 Å². The summed E-state index contributed by atoms with van der Waals surface area (Å²) in [7, 11) is 1.34. The normalized spacial score (nSPS) is 40.3. The van der Waals surface area contributed by atoms with Gasteiger partial charge in [0.15, 0.2) is 11.9 Å². The van der Waals surface area contributed by atoms with Gasteiger partial charge in [-0.05, 0) is 49.0 Å². The lowest BCUT2D eigenvalue weighted by Gasteiger charge is -2.61. The van der Waals surface area contributed by atoms with E-state index in [1.54, 1.807) is 12.3 Å². The van der Waals surface area contributed by atoms with Crippen LogP contribution in [0.5, 0.6) is 0 Å². The molecule has 0 spiro atoms. The summed E-state index contributed by atoms with van der Waals surface area (Å²) in [5.74, 6) is -3.21. The highest BCUT2D eigenvalue weighted by atomic mass is 16.6. The lowest BCUT2D eigenvalue weighted by Crippen LogP contribution is -2.64. The van der Waals surface area contributed by atoms with Gasteiger partial charge in [0.1, 0.15) is 6.10 Å². The molecule has 4 fully saturated rings. The molecular formula is C25H30O8. The van der Waals surface area contributed by atoms with Crippen molar-refractivity contribution in [3.05, 3.63) is 24.2 Å². The summed E-state index contributed by atoms with van der Waals surface area (Å²) < 4.78 is 21.7. The monoisotopic (exact) mass is 458 g/mol. The number of ketones is 1. The highest BCUT2D eigenvalue weighted by Gasteiger charge is 2.68. The molecule has 1 aromatic rings.